The number of hydrogen-bond acceptors (Lipinski definition) is 3. The Morgan fingerprint density at radius 1 is 1.26 bits per heavy atom. The molecule has 1 aromatic carbocycles. The minimum atomic E-state index is 0.354. The lowest BCUT2D eigenvalue weighted by atomic mass is 10.1. The summed E-state index contributed by atoms with van der Waals surface area (Å²) >= 11 is 0. The van der Waals surface area contributed by atoms with Crippen LogP contribution in [0, 0.1) is 11.3 Å². The van der Waals surface area contributed by atoms with Gasteiger partial charge in [-0.05, 0) is 48.9 Å². The van der Waals surface area contributed by atoms with E-state index in [2.05, 4.69) is 38.2 Å². The molecule has 0 aromatic heterocycles. The summed E-state index contributed by atoms with van der Waals surface area (Å²) in [7, 11) is 0. The van der Waals surface area contributed by atoms with E-state index in [-0.39, 0.29) is 0 Å². The number of nitrogens with one attached hydrogen (secondary N) is 1. The Labute approximate surface area is 115 Å². The summed E-state index contributed by atoms with van der Waals surface area (Å²) in [5.41, 5.74) is 1.81. The molecule has 2 unspecified atom stereocenters. The van der Waals surface area contributed by atoms with Crippen LogP contribution in [-0.2, 0) is 0 Å². The second-order valence-corrected chi connectivity index (χ2v) is 6.42. The predicted molar refractivity (Wildman–Crippen MR) is 75.7 cm³/mol. The standard InChI is InChI=1S/C16H23NO2/c1-11(17-10-13-9-16(13,2)3)12-4-5-14-15(8-12)19-7-6-18-14/h4-5,8,11,13,17H,6-7,9-10H2,1-3H3. The maximum Gasteiger partial charge on any atom is 0.161 e. The van der Waals surface area contributed by atoms with E-state index in [1.54, 1.807) is 0 Å². The van der Waals surface area contributed by atoms with Crippen molar-refractivity contribution in [1.82, 2.24) is 5.32 Å². The van der Waals surface area contributed by atoms with Gasteiger partial charge in [-0.1, -0.05) is 19.9 Å². The number of hydrogen-bond donors (Lipinski definition) is 1. The summed E-state index contributed by atoms with van der Waals surface area (Å²) in [6.07, 6.45) is 1.34. The van der Waals surface area contributed by atoms with E-state index in [0.29, 0.717) is 24.7 Å². The van der Waals surface area contributed by atoms with Gasteiger partial charge in [0.15, 0.2) is 11.5 Å². The molecule has 104 valence electrons. The van der Waals surface area contributed by atoms with Gasteiger partial charge in [0.25, 0.3) is 0 Å². The molecule has 1 aromatic rings. The van der Waals surface area contributed by atoms with Crippen LogP contribution >= 0.6 is 0 Å². The molecule has 3 heteroatoms. The Kier molecular flexibility index (Phi) is 3.17. The van der Waals surface area contributed by atoms with Gasteiger partial charge in [0.05, 0.1) is 0 Å². The molecule has 0 amide bonds. The van der Waals surface area contributed by atoms with Gasteiger partial charge in [-0.3, -0.25) is 0 Å². The third-order valence-electron chi connectivity index (χ3n) is 4.45. The Morgan fingerprint density at radius 3 is 2.63 bits per heavy atom. The van der Waals surface area contributed by atoms with Crippen molar-refractivity contribution in [2.24, 2.45) is 11.3 Å². The lowest BCUT2D eigenvalue weighted by Crippen LogP contribution is -2.23. The molecule has 19 heavy (non-hydrogen) atoms. The SMILES string of the molecule is CC(NCC1CC1(C)C)c1ccc2c(c1)OCCO2. The van der Waals surface area contributed by atoms with Crippen molar-refractivity contribution >= 4 is 0 Å². The van der Waals surface area contributed by atoms with Crippen LogP contribution in [0.3, 0.4) is 0 Å². The van der Waals surface area contributed by atoms with E-state index in [1.165, 1.54) is 12.0 Å². The molecule has 2 atom stereocenters. The zero-order chi connectivity index (χ0) is 13.5. The lowest BCUT2D eigenvalue weighted by Gasteiger charge is -2.21. The molecule has 1 aliphatic heterocycles. The van der Waals surface area contributed by atoms with Crippen LogP contribution in [0.2, 0.25) is 0 Å². The Balaban J connectivity index is 1.61. The average molecular weight is 261 g/mol. The number of rotatable bonds is 4. The second-order valence-electron chi connectivity index (χ2n) is 6.42. The molecule has 0 bridgehead atoms. The third kappa shape index (κ3) is 2.71. The molecular formula is C16H23NO2. The minimum Gasteiger partial charge on any atom is -0.486 e. The van der Waals surface area contributed by atoms with Crippen molar-refractivity contribution in [3.8, 4) is 11.5 Å². The van der Waals surface area contributed by atoms with Gasteiger partial charge in [-0.2, -0.15) is 0 Å². The van der Waals surface area contributed by atoms with E-state index in [9.17, 15) is 0 Å². The van der Waals surface area contributed by atoms with Gasteiger partial charge in [0.1, 0.15) is 13.2 Å². The highest BCUT2D eigenvalue weighted by molar-refractivity contribution is 5.44. The first kappa shape index (κ1) is 12.8. The maximum absolute atomic E-state index is 5.63. The van der Waals surface area contributed by atoms with Crippen molar-refractivity contribution in [2.75, 3.05) is 19.8 Å². The third-order valence-corrected chi connectivity index (χ3v) is 4.45. The molecule has 3 nitrogen and oxygen atoms in total. The fourth-order valence-electron chi connectivity index (χ4n) is 2.69. The Bertz CT molecular complexity index is 470. The van der Waals surface area contributed by atoms with E-state index < -0.39 is 0 Å². The quantitative estimate of drug-likeness (QED) is 0.903. The van der Waals surface area contributed by atoms with Crippen LogP contribution in [0.1, 0.15) is 38.8 Å². The normalized spacial score (nSPS) is 24.9. The Hall–Kier alpha value is -1.22. The van der Waals surface area contributed by atoms with Gasteiger partial charge in [0, 0.05) is 6.04 Å². The number of benzene rings is 1. The molecule has 0 radical (unpaired) electrons. The van der Waals surface area contributed by atoms with Crippen molar-refractivity contribution in [1.29, 1.82) is 0 Å². The molecule has 1 heterocycles. The van der Waals surface area contributed by atoms with Crippen LogP contribution in [0.25, 0.3) is 0 Å². The highest BCUT2D eigenvalue weighted by Crippen LogP contribution is 2.51. The summed E-state index contributed by atoms with van der Waals surface area (Å²) in [6.45, 7) is 9.29. The zero-order valence-electron chi connectivity index (χ0n) is 12.0. The first-order chi connectivity index (χ1) is 9.06. The highest BCUT2D eigenvalue weighted by Gasteiger charge is 2.44. The van der Waals surface area contributed by atoms with Gasteiger partial charge >= 0.3 is 0 Å². The monoisotopic (exact) mass is 261 g/mol. The Morgan fingerprint density at radius 2 is 1.95 bits per heavy atom. The molecule has 1 fully saturated rings. The van der Waals surface area contributed by atoms with Crippen molar-refractivity contribution in [3.63, 3.8) is 0 Å². The molecule has 0 saturated heterocycles. The summed E-state index contributed by atoms with van der Waals surface area (Å²) in [5.74, 6) is 2.57. The largest absolute Gasteiger partial charge is 0.486 e. The average Bonchev–Trinajstić information content (AvgIpc) is 3.03. The molecule has 2 aliphatic rings. The molecule has 1 saturated carbocycles. The van der Waals surface area contributed by atoms with Gasteiger partial charge < -0.3 is 14.8 Å². The number of fused-ring (bicyclic) bond motifs is 1. The van der Waals surface area contributed by atoms with Gasteiger partial charge in [-0.25, -0.2) is 0 Å². The summed E-state index contributed by atoms with van der Waals surface area (Å²) in [4.78, 5) is 0. The van der Waals surface area contributed by atoms with Gasteiger partial charge in [0.2, 0.25) is 0 Å². The molecule has 1 aliphatic carbocycles. The maximum atomic E-state index is 5.63. The summed E-state index contributed by atoms with van der Waals surface area (Å²) < 4.78 is 11.2. The van der Waals surface area contributed by atoms with Crippen LogP contribution in [0.5, 0.6) is 11.5 Å². The van der Waals surface area contributed by atoms with Crippen molar-refractivity contribution in [3.05, 3.63) is 23.8 Å². The highest BCUT2D eigenvalue weighted by atomic mass is 16.6. The molecule has 3 rings (SSSR count). The van der Waals surface area contributed by atoms with Crippen LogP contribution < -0.4 is 14.8 Å². The van der Waals surface area contributed by atoms with Crippen molar-refractivity contribution in [2.45, 2.75) is 33.2 Å². The summed E-state index contributed by atoms with van der Waals surface area (Å²) in [6, 6.07) is 6.60. The molecule has 0 spiro atoms. The predicted octanol–water partition coefficient (Wildman–Crippen LogP) is 3.15. The smallest absolute Gasteiger partial charge is 0.161 e. The van der Waals surface area contributed by atoms with E-state index in [1.807, 2.05) is 6.07 Å². The topological polar surface area (TPSA) is 30.5 Å². The van der Waals surface area contributed by atoms with Crippen LogP contribution in [-0.4, -0.2) is 19.8 Å². The first-order valence-electron chi connectivity index (χ1n) is 7.19. The van der Waals surface area contributed by atoms with E-state index in [4.69, 9.17) is 9.47 Å². The first-order valence-corrected chi connectivity index (χ1v) is 7.19. The zero-order valence-corrected chi connectivity index (χ0v) is 12.0. The minimum absolute atomic E-state index is 0.354. The van der Waals surface area contributed by atoms with E-state index >= 15 is 0 Å². The van der Waals surface area contributed by atoms with Crippen LogP contribution in [0.15, 0.2) is 18.2 Å². The molecular weight excluding hydrogens is 238 g/mol. The van der Waals surface area contributed by atoms with Crippen molar-refractivity contribution < 1.29 is 9.47 Å². The fourth-order valence-corrected chi connectivity index (χ4v) is 2.69. The summed E-state index contributed by atoms with van der Waals surface area (Å²) in [5, 5.41) is 3.63. The van der Waals surface area contributed by atoms with Crippen LogP contribution in [0.4, 0.5) is 0 Å². The second kappa shape index (κ2) is 4.71. The lowest BCUT2D eigenvalue weighted by molar-refractivity contribution is 0.171. The fraction of sp³-hybridized carbons (Fsp3) is 0.625. The number of ether oxygens (including phenoxy) is 2. The molecule has 1 N–H and O–H groups in total. The van der Waals surface area contributed by atoms with Gasteiger partial charge in [-0.15, -0.1) is 0 Å². The van der Waals surface area contributed by atoms with E-state index in [0.717, 1.165) is 24.0 Å².